The maximum atomic E-state index is 12.5. The third-order valence-corrected chi connectivity index (χ3v) is 5.01. The Bertz CT molecular complexity index is 1270. The van der Waals surface area contributed by atoms with Crippen LogP contribution in [0.15, 0.2) is 28.8 Å². The standard InChI is InChI=1S/C21H24N8O7/c1-22-9-15-25-20(36-29-15)11-4-3-5-12(17(11)35-2)23-13-8-14(24-18(30)10-6-7-10)27-28-16(13)19(31)26-21(32,33)34/h3-5,8,10,22,32-34H,6-7,9H2,1-2H3,(H,26,31)(H2,23,24,27,30). The first-order chi connectivity index (χ1) is 17.2. The topological polar surface area (TPSA) is 217 Å². The molecule has 2 heterocycles. The molecule has 15 nitrogen and oxygen atoms in total. The van der Waals surface area contributed by atoms with Crippen LogP contribution in [-0.4, -0.2) is 67.7 Å². The Kier molecular flexibility index (Phi) is 7.07. The lowest BCUT2D eigenvalue weighted by molar-refractivity contribution is -0.323. The van der Waals surface area contributed by atoms with Crippen molar-refractivity contribution in [1.29, 1.82) is 0 Å². The normalized spacial score (nSPS) is 13.2. The molecule has 3 aromatic rings. The van der Waals surface area contributed by atoms with Crippen molar-refractivity contribution in [2.24, 2.45) is 5.92 Å². The zero-order chi connectivity index (χ0) is 25.9. The van der Waals surface area contributed by atoms with Gasteiger partial charge in [-0.15, -0.1) is 10.2 Å². The molecule has 1 fully saturated rings. The van der Waals surface area contributed by atoms with Crippen LogP contribution < -0.4 is 26.0 Å². The molecule has 190 valence electrons. The summed E-state index contributed by atoms with van der Waals surface area (Å²) >= 11 is 0. The molecule has 1 aliphatic carbocycles. The summed E-state index contributed by atoms with van der Waals surface area (Å²) < 4.78 is 10.9. The van der Waals surface area contributed by atoms with E-state index in [2.05, 4.69) is 36.3 Å². The average molecular weight is 500 g/mol. The number of methoxy groups -OCH3 is 1. The minimum Gasteiger partial charge on any atom is -0.494 e. The highest BCUT2D eigenvalue weighted by atomic mass is 16.7. The van der Waals surface area contributed by atoms with E-state index in [0.29, 0.717) is 23.6 Å². The van der Waals surface area contributed by atoms with Crippen LogP contribution in [0.1, 0.15) is 29.2 Å². The summed E-state index contributed by atoms with van der Waals surface area (Å²) in [5, 5.41) is 49.1. The number of aromatic nitrogens is 4. The number of carbonyl (C=O) groups is 2. The summed E-state index contributed by atoms with van der Waals surface area (Å²) in [5.74, 6) is -0.551. The lowest BCUT2D eigenvalue weighted by Gasteiger charge is -2.18. The Hall–Kier alpha value is -4.18. The fourth-order valence-electron chi connectivity index (χ4n) is 3.26. The summed E-state index contributed by atoms with van der Waals surface area (Å²) in [5.41, 5.74) is 0.387. The van der Waals surface area contributed by atoms with Crippen molar-refractivity contribution in [3.8, 4) is 17.2 Å². The van der Waals surface area contributed by atoms with Crippen LogP contribution in [0, 0.1) is 5.92 Å². The highest BCUT2D eigenvalue weighted by Gasteiger charge is 2.31. The van der Waals surface area contributed by atoms with Crippen LogP contribution in [-0.2, 0) is 11.3 Å². The number of hydrogen-bond acceptors (Lipinski definition) is 13. The van der Waals surface area contributed by atoms with Crippen molar-refractivity contribution >= 4 is 29.0 Å². The molecule has 1 aromatic carbocycles. The predicted octanol–water partition coefficient (Wildman–Crippen LogP) is -0.335. The minimum absolute atomic E-state index is 0.00898. The Morgan fingerprint density at radius 3 is 2.64 bits per heavy atom. The molecule has 36 heavy (non-hydrogen) atoms. The van der Waals surface area contributed by atoms with Gasteiger partial charge in [0.2, 0.25) is 5.91 Å². The zero-order valence-corrected chi connectivity index (χ0v) is 19.3. The van der Waals surface area contributed by atoms with Crippen molar-refractivity contribution in [2.75, 3.05) is 24.8 Å². The third kappa shape index (κ3) is 5.89. The molecular weight excluding hydrogens is 476 g/mol. The Balaban J connectivity index is 1.70. The third-order valence-electron chi connectivity index (χ3n) is 5.01. The highest BCUT2D eigenvalue weighted by molar-refractivity contribution is 6.00. The van der Waals surface area contributed by atoms with E-state index < -0.39 is 17.7 Å². The van der Waals surface area contributed by atoms with Gasteiger partial charge in [0.05, 0.1) is 30.6 Å². The molecule has 0 spiro atoms. The first-order valence-electron chi connectivity index (χ1n) is 10.8. The van der Waals surface area contributed by atoms with Gasteiger partial charge in [0.25, 0.3) is 11.8 Å². The second-order valence-corrected chi connectivity index (χ2v) is 7.90. The fourth-order valence-corrected chi connectivity index (χ4v) is 3.26. The number of aliphatic hydroxyl groups is 3. The van der Waals surface area contributed by atoms with E-state index in [1.807, 2.05) is 0 Å². The number of amides is 2. The van der Waals surface area contributed by atoms with Gasteiger partial charge < -0.3 is 40.5 Å². The number of benzene rings is 1. The number of anilines is 3. The van der Waals surface area contributed by atoms with Gasteiger partial charge in [-0.2, -0.15) is 4.98 Å². The van der Waals surface area contributed by atoms with Gasteiger partial charge in [0.1, 0.15) is 0 Å². The van der Waals surface area contributed by atoms with E-state index in [1.54, 1.807) is 30.6 Å². The lowest BCUT2D eigenvalue weighted by Crippen LogP contribution is -2.48. The van der Waals surface area contributed by atoms with Crippen LogP contribution >= 0.6 is 0 Å². The molecule has 0 unspecified atom stereocenters. The number of nitrogens with one attached hydrogen (secondary N) is 4. The maximum absolute atomic E-state index is 12.5. The predicted molar refractivity (Wildman–Crippen MR) is 123 cm³/mol. The number of nitrogens with zero attached hydrogens (tertiary/aromatic N) is 4. The fraction of sp³-hybridized carbons (Fsp3) is 0.333. The van der Waals surface area contributed by atoms with Crippen molar-refractivity contribution in [3.05, 3.63) is 35.8 Å². The molecule has 1 aliphatic rings. The van der Waals surface area contributed by atoms with Gasteiger partial charge in [-0.05, 0) is 32.0 Å². The van der Waals surface area contributed by atoms with Crippen molar-refractivity contribution < 1.29 is 34.2 Å². The molecule has 15 heteroatoms. The maximum Gasteiger partial charge on any atom is 0.369 e. The summed E-state index contributed by atoms with van der Waals surface area (Å²) in [6, 6.07) is 6.33. The quantitative estimate of drug-likeness (QED) is 0.178. The van der Waals surface area contributed by atoms with E-state index in [4.69, 9.17) is 24.6 Å². The van der Waals surface area contributed by atoms with Crippen molar-refractivity contribution in [2.45, 2.75) is 25.5 Å². The largest absolute Gasteiger partial charge is 0.494 e. The van der Waals surface area contributed by atoms with Gasteiger partial charge in [-0.3, -0.25) is 14.9 Å². The van der Waals surface area contributed by atoms with E-state index >= 15 is 0 Å². The second kappa shape index (κ2) is 10.2. The average Bonchev–Trinajstić information content (AvgIpc) is 3.57. The van der Waals surface area contributed by atoms with E-state index in [-0.39, 0.29) is 35.0 Å². The van der Waals surface area contributed by atoms with Gasteiger partial charge in [0, 0.05) is 12.0 Å². The van der Waals surface area contributed by atoms with E-state index in [9.17, 15) is 9.59 Å². The smallest absolute Gasteiger partial charge is 0.369 e. The number of rotatable bonds is 10. The molecule has 0 saturated heterocycles. The van der Waals surface area contributed by atoms with Gasteiger partial charge in [-0.1, -0.05) is 11.2 Å². The molecular formula is C21H24N8O7. The molecule has 2 amide bonds. The first-order valence-corrected chi connectivity index (χ1v) is 10.8. The molecule has 0 bridgehead atoms. The number of hydrogen-bond donors (Lipinski definition) is 7. The van der Waals surface area contributed by atoms with Crippen LogP contribution in [0.5, 0.6) is 5.75 Å². The van der Waals surface area contributed by atoms with Crippen molar-refractivity contribution in [1.82, 2.24) is 31.0 Å². The summed E-state index contributed by atoms with van der Waals surface area (Å²) in [6.07, 6.45) is -1.95. The monoisotopic (exact) mass is 500 g/mol. The number of ether oxygens (including phenoxy) is 1. The van der Waals surface area contributed by atoms with Crippen LogP contribution in [0.25, 0.3) is 11.5 Å². The second-order valence-electron chi connectivity index (χ2n) is 7.90. The molecule has 2 aromatic heterocycles. The molecule has 1 saturated carbocycles. The molecule has 7 N–H and O–H groups in total. The van der Waals surface area contributed by atoms with Crippen LogP contribution in [0.2, 0.25) is 0 Å². The zero-order valence-electron chi connectivity index (χ0n) is 19.3. The molecule has 0 aliphatic heterocycles. The van der Waals surface area contributed by atoms with Crippen molar-refractivity contribution in [3.63, 3.8) is 0 Å². The number of carbonyl (C=O) groups excluding carboxylic acids is 2. The van der Waals surface area contributed by atoms with E-state index in [1.165, 1.54) is 13.2 Å². The van der Waals surface area contributed by atoms with Crippen LogP contribution in [0.4, 0.5) is 17.2 Å². The van der Waals surface area contributed by atoms with Gasteiger partial charge in [0.15, 0.2) is 23.1 Å². The minimum atomic E-state index is -3.49. The summed E-state index contributed by atoms with van der Waals surface area (Å²) in [7, 11) is 3.17. The molecule has 0 atom stereocenters. The molecule has 4 rings (SSSR count). The molecule has 0 radical (unpaired) electrons. The summed E-state index contributed by atoms with van der Waals surface area (Å²) in [6.45, 7) is 0.391. The summed E-state index contributed by atoms with van der Waals surface area (Å²) in [4.78, 5) is 29.0. The Morgan fingerprint density at radius 1 is 1.19 bits per heavy atom. The highest BCUT2D eigenvalue weighted by Crippen LogP contribution is 2.38. The lowest BCUT2D eigenvalue weighted by atomic mass is 10.1. The van der Waals surface area contributed by atoms with Crippen LogP contribution in [0.3, 0.4) is 0 Å². The Labute approximate surface area is 203 Å². The van der Waals surface area contributed by atoms with Gasteiger partial charge in [-0.25, -0.2) is 0 Å². The van der Waals surface area contributed by atoms with Gasteiger partial charge >= 0.3 is 6.10 Å². The van der Waals surface area contributed by atoms with E-state index in [0.717, 1.165) is 12.8 Å². The first kappa shape index (κ1) is 24.9. The number of para-hydroxylation sites is 1. The SMILES string of the molecule is CNCc1noc(-c2cccc(Nc3cc(NC(=O)C4CC4)nnc3C(=O)NC(O)(O)O)c2OC)n1. The Morgan fingerprint density at radius 2 is 1.97 bits per heavy atom.